The summed E-state index contributed by atoms with van der Waals surface area (Å²) in [5.41, 5.74) is 2.26. The second-order valence-electron chi connectivity index (χ2n) is 10.3. The number of carbonyl (C=O) groups excluding carboxylic acids is 3. The number of piperidine rings is 1. The number of hydrogen-bond donors (Lipinski definition) is 1. The molecule has 4 bridgehead atoms. The number of carbonyl (C=O) groups is 3. The molecular weight excluding hydrogens is 422 g/mol. The molecule has 2 aromatic rings. The largest absolute Gasteiger partial charge is 0.487 e. The molecule has 8 rings (SSSR count). The van der Waals surface area contributed by atoms with Gasteiger partial charge in [0.1, 0.15) is 24.1 Å². The average molecular weight is 447 g/mol. The van der Waals surface area contributed by atoms with Crippen molar-refractivity contribution >= 4 is 17.7 Å². The van der Waals surface area contributed by atoms with Gasteiger partial charge >= 0.3 is 0 Å². The van der Waals surface area contributed by atoms with Crippen molar-refractivity contribution in [3.8, 4) is 5.75 Å². The normalized spacial score (nSPS) is 33.8. The van der Waals surface area contributed by atoms with E-state index in [2.05, 4.69) is 20.3 Å². The van der Waals surface area contributed by atoms with Crippen molar-refractivity contribution in [2.75, 3.05) is 0 Å². The van der Waals surface area contributed by atoms with E-state index in [1.165, 1.54) is 30.6 Å². The maximum atomic E-state index is 13.0. The Balaban J connectivity index is 1.08. The molecule has 5 fully saturated rings. The first kappa shape index (κ1) is 19.3. The Morgan fingerprint density at radius 1 is 1.15 bits per heavy atom. The zero-order valence-electron chi connectivity index (χ0n) is 18.2. The van der Waals surface area contributed by atoms with E-state index in [1.807, 2.05) is 12.3 Å². The Bertz CT molecular complexity index is 1190. The minimum atomic E-state index is -0.637. The zero-order chi connectivity index (χ0) is 22.3. The number of fused-ring (bicyclic) bond motifs is 1. The van der Waals surface area contributed by atoms with E-state index < -0.39 is 11.9 Å². The summed E-state index contributed by atoms with van der Waals surface area (Å²) in [4.78, 5) is 38.3. The van der Waals surface area contributed by atoms with Gasteiger partial charge in [-0.05, 0) is 62.0 Å². The first-order valence-electron chi connectivity index (χ1n) is 11.8. The molecule has 0 radical (unpaired) electrons. The van der Waals surface area contributed by atoms with Crippen molar-refractivity contribution in [1.29, 1.82) is 0 Å². The highest BCUT2D eigenvalue weighted by molar-refractivity contribution is 6.05. The third-order valence-corrected chi connectivity index (χ3v) is 8.74. The van der Waals surface area contributed by atoms with Crippen LogP contribution in [0.3, 0.4) is 0 Å². The molecule has 3 unspecified atom stereocenters. The maximum absolute atomic E-state index is 13.0. The molecule has 1 N–H and O–H groups in total. The maximum Gasteiger partial charge on any atom is 0.255 e. The van der Waals surface area contributed by atoms with Gasteiger partial charge in [0.05, 0.1) is 18.3 Å². The lowest BCUT2D eigenvalue weighted by molar-refractivity contribution is -0.136. The average Bonchev–Trinajstić information content (AvgIpc) is 3.61. The molecule has 4 saturated carbocycles. The predicted octanol–water partition coefficient (Wildman–Crippen LogP) is 1.76. The molecule has 1 aromatic carbocycles. The summed E-state index contributed by atoms with van der Waals surface area (Å²) in [6, 6.07) is 4.76. The minimum absolute atomic E-state index is 0.170. The number of aromatic nitrogens is 3. The number of ether oxygens (including phenoxy) is 1. The molecule has 9 nitrogen and oxygen atoms in total. The molecular formula is C24H25N5O4. The molecule has 3 atom stereocenters. The van der Waals surface area contributed by atoms with Gasteiger partial charge in [0, 0.05) is 17.5 Å². The lowest BCUT2D eigenvalue weighted by Crippen LogP contribution is -2.52. The molecule has 0 spiro atoms. The van der Waals surface area contributed by atoms with Crippen molar-refractivity contribution in [1.82, 2.24) is 25.2 Å². The molecule has 170 valence electrons. The van der Waals surface area contributed by atoms with Gasteiger partial charge in [-0.25, -0.2) is 4.68 Å². The van der Waals surface area contributed by atoms with Crippen molar-refractivity contribution in [3.05, 3.63) is 41.2 Å². The third-order valence-electron chi connectivity index (χ3n) is 8.74. The van der Waals surface area contributed by atoms with Crippen LogP contribution in [0.5, 0.6) is 5.75 Å². The highest BCUT2D eigenvalue weighted by Crippen LogP contribution is 2.68. The summed E-state index contributed by atoms with van der Waals surface area (Å²) in [7, 11) is 0. The van der Waals surface area contributed by atoms with Crippen molar-refractivity contribution in [2.24, 2.45) is 17.8 Å². The van der Waals surface area contributed by atoms with E-state index in [4.69, 9.17) is 4.74 Å². The third kappa shape index (κ3) is 2.68. The summed E-state index contributed by atoms with van der Waals surface area (Å²) >= 11 is 0. The molecule has 2 aliphatic heterocycles. The van der Waals surface area contributed by atoms with Crippen molar-refractivity contribution in [2.45, 2.75) is 63.3 Å². The monoisotopic (exact) mass is 447 g/mol. The minimum Gasteiger partial charge on any atom is -0.487 e. The molecule has 1 saturated heterocycles. The summed E-state index contributed by atoms with van der Waals surface area (Å²) < 4.78 is 8.21. The molecule has 4 aliphatic carbocycles. The van der Waals surface area contributed by atoms with E-state index in [-0.39, 0.29) is 36.9 Å². The molecule has 1 aromatic heterocycles. The summed E-state index contributed by atoms with van der Waals surface area (Å²) in [5.74, 6) is 2.19. The number of nitrogens with one attached hydrogen (secondary N) is 1. The van der Waals surface area contributed by atoms with Crippen LogP contribution < -0.4 is 10.1 Å². The Morgan fingerprint density at radius 3 is 2.70 bits per heavy atom. The van der Waals surface area contributed by atoms with Crippen molar-refractivity contribution in [3.63, 3.8) is 0 Å². The van der Waals surface area contributed by atoms with Crippen LogP contribution in [0.1, 0.15) is 60.1 Å². The molecule has 9 heteroatoms. The fourth-order valence-corrected chi connectivity index (χ4v) is 7.28. The van der Waals surface area contributed by atoms with Crippen LogP contribution in [-0.2, 0) is 28.3 Å². The van der Waals surface area contributed by atoms with Gasteiger partial charge in [0.25, 0.3) is 5.91 Å². The van der Waals surface area contributed by atoms with E-state index in [1.54, 1.807) is 12.1 Å². The van der Waals surface area contributed by atoms with Crippen molar-refractivity contribution < 1.29 is 19.1 Å². The van der Waals surface area contributed by atoms with E-state index in [0.717, 1.165) is 29.0 Å². The zero-order valence-corrected chi connectivity index (χ0v) is 18.2. The quantitative estimate of drug-likeness (QED) is 0.700. The molecule has 3 heterocycles. The van der Waals surface area contributed by atoms with E-state index in [0.29, 0.717) is 17.7 Å². The van der Waals surface area contributed by atoms with Crippen LogP contribution in [-0.4, -0.2) is 43.7 Å². The Kier molecular flexibility index (Phi) is 3.88. The second-order valence-corrected chi connectivity index (χ2v) is 10.3. The molecule has 6 aliphatic rings. The lowest BCUT2D eigenvalue weighted by atomic mass is 9.91. The Morgan fingerprint density at radius 2 is 1.97 bits per heavy atom. The summed E-state index contributed by atoms with van der Waals surface area (Å²) in [6.45, 7) is 0.563. The number of imide groups is 1. The van der Waals surface area contributed by atoms with Crippen LogP contribution in [0.15, 0.2) is 24.4 Å². The first-order valence-corrected chi connectivity index (χ1v) is 11.8. The fraction of sp³-hybridized carbons (Fsp3) is 0.542. The highest BCUT2D eigenvalue weighted by Gasteiger charge is 2.64. The predicted molar refractivity (Wildman–Crippen MR) is 114 cm³/mol. The van der Waals surface area contributed by atoms with E-state index >= 15 is 0 Å². The van der Waals surface area contributed by atoms with Gasteiger partial charge in [-0.15, -0.1) is 5.10 Å². The number of amides is 3. The Labute approximate surface area is 190 Å². The topological polar surface area (TPSA) is 106 Å². The number of benzene rings is 1. The van der Waals surface area contributed by atoms with Gasteiger partial charge in [0.2, 0.25) is 11.8 Å². The highest BCUT2D eigenvalue weighted by atomic mass is 16.5. The van der Waals surface area contributed by atoms with E-state index in [9.17, 15) is 14.4 Å². The lowest BCUT2D eigenvalue weighted by Gasteiger charge is -2.29. The van der Waals surface area contributed by atoms with Crippen LogP contribution in [0.25, 0.3) is 0 Å². The second kappa shape index (κ2) is 6.65. The van der Waals surface area contributed by atoms with Crippen LogP contribution in [0, 0.1) is 17.8 Å². The Hall–Kier alpha value is -3.23. The number of rotatable bonds is 5. The SMILES string of the molecule is O=C1CCC(N2Cc3c(OCc4cn(C56CC7CC5CC7C6)nn4)cccc3C2=O)C(=O)N1. The number of nitrogens with zero attached hydrogens (tertiary/aromatic N) is 4. The molecule has 33 heavy (non-hydrogen) atoms. The number of hydrogen-bond acceptors (Lipinski definition) is 6. The molecule has 3 amide bonds. The fourth-order valence-electron chi connectivity index (χ4n) is 7.28. The summed E-state index contributed by atoms with van der Waals surface area (Å²) in [5, 5.41) is 11.2. The van der Waals surface area contributed by atoms with Crippen LogP contribution in [0.4, 0.5) is 0 Å². The van der Waals surface area contributed by atoms with Crippen LogP contribution >= 0.6 is 0 Å². The smallest absolute Gasteiger partial charge is 0.255 e. The van der Waals surface area contributed by atoms with Gasteiger partial charge in [-0.2, -0.15) is 0 Å². The first-order chi connectivity index (χ1) is 16.0. The summed E-state index contributed by atoms with van der Waals surface area (Å²) in [6.07, 6.45) is 7.75. The van der Waals surface area contributed by atoms with Gasteiger partial charge in [-0.1, -0.05) is 11.3 Å². The van der Waals surface area contributed by atoms with Gasteiger partial charge in [0.15, 0.2) is 0 Å². The standard InChI is InChI=1S/C24H25N5O4/c30-21-5-4-19(22(31)25-21)28-11-18-17(23(28)32)2-1-3-20(18)33-12-16-10-29(27-26-16)24-8-13-6-15(24)7-14(13)9-24/h1-3,10,13-15,19H,4-9,11-12H2,(H,25,30,31). The van der Waals surface area contributed by atoms with Gasteiger partial charge < -0.3 is 9.64 Å². The van der Waals surface area contributed by atoms with Crippen LogP contribution in [0.2, 0.25) is 0 Å². The van der Waals surface area contributed by atoms with Gasteiger partial charge in [-0.3, -0.25) is 19.7 Å².